The second-order valence-corrected chi connectivity index (χ2v) is 22.9. The number of pyridine rings is 2. The van der Waals surface area contributed by atoms with Crippen molar-refractivity contribution >= 4 is 77.9 Å². The number of furan rings is 1. The van der Waals surface area contributed by atoms with E-state index < -0.39 is 26.7 Å². The molecule has 10 rings (SSSR count). The molecular formula is C51H46IrN4OSSi-2. The molecule has 0 spiro atoms. The summed E-state index contributed by atoms with van der Waals surface area (Å²) in [7, 11) is -1.81. The SMILES string of the molecule is Cc1ccc2c(n1)oc1c(-c3nc4ccccc4n3-c3ccc4sc5ccccc5c4c3)[c-]ccc12.[2H]C([2H])([2H])c1c[c-]c(-c2cc(C([2H])([2H])C(C)(C)C)c([Si](C)(C)C)cn2)cc1.[Ir]. The molecule has 0 aliphatic rings. The van der Waals surface area contributed by atoms with Crippen LogP contribution in [0.5, 0.6) is 0 Å². The molecule has 8 heteroatoms. The number of rotatable bonds is 5. The average molecular weight is 988 g/mol. The van der Waals surface area contributed by atoms with E-state index in [1.54, 1.807) is 18.3 Å². The van der Waals surface area contributed by atoms with Crippen molar-refractivity contribution in [2.75, 3.05) is 0 Å². The Morgan fingerprint density at radius 2 is 1.63 bits per heavy atom. The minimum atomic E-state index is -2.17. The van der Waals surface area contributed by atoms with Crippen molar-refractivity contribution in [3.05, 3.63) is 150 Å². The zero-order chi connectivity index (χ0) is 44.6. The van der Waals surface area contributed by atoms with E-state index in [9.17, 15) is 0 Å². The van der Waals surface area contributed by atoms with Crippen LogP contribution >= 0.6 is 11.3 Å². The van der Waals surface area contributed by atoms with Crippen LogP contribution in [0.15, 0.2) is 126 Å². The van der Waals surface area contributed by atoms with Crippen LogP contribution in [0.1, 0.15) is 44.4 Å². The third-order valence-electron chi connectivity index (χ3n) is 10.2. The van der Waals surface area contributed by atoms with Crippen molar-refractivity contribution in [2.45, 2.75) is 60.6 Å². The molecular weight excluding hydrogens is 937 g/mol. The van der Waals surface area contributed by atoms with Crippen molar-refractivity contribution in [3.63, 3.8) is 0 Å². The molecule has 5 heterocycles. The third-order valence-corrected chi connectivity index (χ3v) is 13.3. The van der Waals surface area contributed by atoms with E-state index >= 15 is 0 Å². The van der Waals surface area contributed by atoms with Crippen molar-refractivity contribution in [2.24, 2.45) is 5.41 Å². The molecule has 0 unspecified atom stereocenters. The largest absolute Gasteiger partial charge is 0.486 e. The molecule has 0 saturated carbocycles. The first-order valence-electron chi connectivity index (χ1n) is 21.9. The minimum absolute atomic E-state index is 0. The Hall–Kier alpha value is -5.24. The standard InChI is InChI=1S/C31H18N3OS.C20H28NSi.Ir/c1-18-13-15-22-21-8-6-9-23(29(21)35-31(22)32-18)30-33-25-10-3-4-11-26(25)34(30)19-14-16-28-24(17-19)20-7-2-5-12-27(20)36-28;1-15-8-10-16(11-9-15)18-12-17(13-20(2,3)4)19(14-21-18)22(5,6)7;/h2-8,10-17H,1H3;8-10,12,14H,13H2,1-7H3;/q2*-1;/i;1D3,13D2;. The molecule has 5 nitrogen and oxygen atoms in total. The van der Waals surface area contributed by atoms with Crippen LogP contribution in [0.4, 0.5) is 0 Å². The average Bonchev–Trinajstić information content (AvgIpc) is 3.93. The summed E-state index contributed by atoms with van der Waals surface area (Å²) in [5.41, 5.74) is 7.78. The van der Waals surface area contributed by atoms with Gasteiger partial charge in [0.1, 0.15) is 0 Å². The second kappa shape index (κ2) is 15.7. The van der Waals surface area contributed by atoms with Gasteiger partial charge in [-0.1, -0.05) is 100 Å². The van der Waals surface area contributed by atoms with Gasteiger partial charge in [-0.2, -0.15) is 0 Å². The van der Waals surface area contributed by atoms with E-state index in [1.807, 2.05) is 69.4 Å². The smallest absolute Gasteiger partial charge is 0.216 e. The number of nitrogens with zero attached hydrogens (tertiary/aromatic N) is 4. The van der Waals surface area contributed by atoms with Crippen molar-refractivity contribution in [1.29, 1.82) is 0 Å². The predicted octanol–water partition coefficient (Wildman–Crippen LogP) is 13.5. The topological polar surface area (TPSA) is 56.7 Å². The first-order chi connectivity index (χ1) is 29.8. The van der Waals surface area contributed by atoms with E-state index in [4.69, 9.17) is 16.3 Å². The van der Waals surface area contributed by atoms with Crippen molar-refractivity contribution < 1.29 is 31.4 Å². The molecule has 5 aromatic heterocycles. The van der Waals surface area contributed by atoms with Gasteiger partial charge in [0.15, 0.2) is 0 Å². The van der Waals surface area contributed by atoms with Gasteiger partial charge in [-0.05, 0) is 78.1 Å². The summed E-state index contributed by atoms with van der Waals surface area (Å²) in [4.78, 5) is 14.3. The zero-order valence-corrected chi connectivity index (χ0v) is 38.2. The molecule has 59 heavy (non-hydrogen) atoms. The maximum absolute atomic E-state index is 8.79. The number of fused-ring (bicyclic) bond motifs is 7. The number of aromatic nitrogens is 4. The van der Waals surface area contributed by atoms with E-state index in [0.717, 1.165) is 55.3 Å². The van der Waals surface area contributed by atoms with Gasteiger partial charge in [-0.15, -0.1) is 64.9 Å². The summed E-state index contributed by atoms with van der Waals surface area (Å²) < 4.78 is 51.1. The van der Waals surface area contributed by atoms with Crippen LogP contribution in [0.25, 0.3) is 81.6 Å². The summed E-state index contributed by atoms with van der Waals surface area (Å²) in [5.74, 6) is 0.802. The summed E-state index contributed by atoms with van der Waals surface area (Å²) in [6.07, 6.45) is 0.269. The number of imidazole rings is 1. The Bertz CT molecular complexity index is 3360. The molecule has 10 aromatic rings. The summed E-state index contributed by atoms with van der Waals surface area (Å²) in [6.45, 7) is 12.1. The molecule has 0 aliphatic heterocycles. The number of para-hydroxylation sites is 2. The van der Waals surface area contributed by atoms with E-state index in [1.165, 1.54) is 26.2 Å². The maximum atomic E-state index is 8.79. The van der Waals surface area contributed by atoms with Gasteiger partial charge in [-0.3, -0.25) is 4.98 Å². The molecule has 0 fully saturated rings. The number of hydrogen-bond acceptors (Lipinski definition) is 5. The molecule has 1 radical (unpaired) electrons. The molecule has 0 saturated heterocycles. The van der Waals surface area contributed by atoms with Crippen LogP contribution in [0.3, 0.4) is 0 Å². The van der Waals surface area contributed by atoms with Crippen molar-refractivity contribution in [1.82, 2.24) is 19.5 Å². The molecule has 5 aromatic carbocycles. The van der Waals surface area contributed by atoms with Gasteiger partial charge in [-0.25, -0.2) is 4.98 Å². The number of aryl methyl sites for hydroxylation is 2. The van der Waals surface area contributed by atoms with Crippen molar-refractivity contribution in [3.8, 4) is 28.3 Å². The maximum Gasteiger partial charge on any atom is 0.216 e. The fourth-order valence-electron chi connectivity index (χ4n) is 7.48. The zero-order valence-electron chi connectivity index (χ0n) is 39.0. The first kappa shape index (κ1) is 34.6. The van der Waals surface area contributed by atoms with E-state index in [2.05, 4.69) is 113 Å². The normalized spacial score (nSPS) is 13.7. The van der Waals surface area contributed by atoms with Crippen LogP contribution in [0, 0.1) is 31.3 Å². The van der Waals surface area contributed by atoms with Crippen LogP contribution in [-0.2, 0) is 26.5 Å². The Morgan fingerprint density at radius 1 is 0.831 bits per heavy atom. The summed E-state index contributed by atoms with van der Waals surface area (Å²) in [5, 5.41) is 5.55. The molecule has 297 valence electrons. The summed E-state index contributed by atoms with van der Waals surface area (Å²) >= 11 is 1.82. The molecule has 0 N–H and O–H groups in total. The van der Waals surface area contributed by atoms with Gasteiger partial charge in [0.2, 0.25) is 5.71 Å². The summed E-state index contributed by atoms with van der Waals surface area (Å²) in [6, 6.07) is 44.6. The fourth-order valence-corrected chi connectivity index (χ4v) is 9.96. The van der Waals surface area contributed by atoms with E-state index in [0.29, 0.717) is 22.5 Å². The van der Waals surface area contributed by atoms with Gasteiger partial charge in [0.05, 0.1) is 30.5 Å². The molecule has 0 bridgehead atoms. The van der Waals surface area contributed by atoms with Crippen LogP contribution in [0.2, 0.25) is 19.6 Å². The fraction of sp³-hybridized carbons (Fsp3) is 0.196. The quantitative estimate of drug-likeness (QED) is 0.127. The Balaban J connectivity index is 0.000000181. The van der Waals surface area contributed by atoms with Crippen LogP contribution < -0.4 is 5.19 Å². The first-order valence-corrected chi connectivity index (χ1v) is 23.7. The molecule has 0 atom stereocenters. The number of hydrogen-bond donors (Lipinski definition) is 0. The minimum Gasteiger partial charge on any atom is -0.486 e. The Morgan fingerprint density at radius 3 is 2.41 bits per heavy atom. The predicted molar refractivity (Wildman–Crippen MR) is 247 cm³/mol. The molecule has 0 aliphatic carbocycles. The van der Waals surface area contributed by atoms with Gasteiger partial charge >= 0.3 is 0 Å². The Kier molecular flexibility index (Phi) is 9.23. The van der Waals surface area contributed by atoms with Gasteiger partial charge in [0, 0.05) is 70.1 Å². The van der Waals surface area contributed by atoms with Crippen LogP contribution in [-0.4, -0.2) is 27.6 Å². The third kappa shape index (κ3) is 7.95. The second-order valence-electron chi connectivity index (χ2n) is 16.8. The number of thiophene rings is 1. The monoisotopic (exact) mass is 988 g/mol. The van der Waals surface area contributed by atoms with Gasteiger partial charge < -0.3 is 14.0 Å². The molecule has 0 amide bonds. The van der Waals surface area contributed by atoms with E-state index in [-0.39, 0.29) is 25.7 Å². The van der Waals surface area contributed by atoms with Gasteiger partial charge in [0.25, 0.3) is 0 Å². The number of benzene rings is 5. The Labute approximate surface area is 371 Å².